The maximum Gasteiger partial charge on any atom is 0.319 e. The Bertz CT molecular complexity index is 561. The van der Waals surface area contributed by atoms with Crippen LogP contribution in [-0.2, 0) is 0 Å². The first-order valence-electron chi connectivity index (χ1n) is 6.93. The summed E-state index contributed by atoms with van der Waals surface area (Å²) in [4.78, 5) is 21.2. The van der Waals surface area contributed by atoms with E-state index in [-0.39, 0.29) is 6.03 Å². The van der Waals surface area contributed by atoms with E-state index in [9.17, 15) is 4.79 Å². The SMILES string of the molecule is CCN(CC)CCNC(=O)Nc1ccc2nc[nH]c2c1. The van der Waals surface area contributed by atoms with Gasteiger partial charge in [-0.15, -0.1) is 0 Å². The van der Waals surface area contributed by atoms with Crippen LogP contribution in [0.2, 0.25) is 0 Å². The molecule has 3 N–H and O–H groups in total. The molecule has 108 valence electrons. The molecule has 0 aliphatic carbocycles. The summed E-state index contributed by atoms with van der Waals surface area (Å²) < 4.78 is 0. The number of nitrogens with one attached hydrogen (secondary N) is 3. The fourth-order valence-electron chi connectivity index (χ4n) is 2.06. The maximum absolute atomic E-state index is 11.8. The number of aromatic amines is 1. The van der Waals surface area contributed by atoms with Gasteiger partial charge in [0.2, 0.25) is 0 Å². The van der Waals surface area contributed by atoms with Crippen LogP contribution in [0.3, 0.4) is 0 Å². The molecule has 0 saturated heterocycles. The number of likely N-dealkylation sites (N-methyl/N-ethyl adjacent to an activating group) is 1. The van der Waals surface area contributed by atoms with Gasteiger partial charge in [-0.3, -0.25) is 0 Å². The van der Waals surface area contributed by atoms with Crippen molar-refractivity contribution in [1.82, 2.24) is 20.2 Å². The Morgan fingerprint density at radius 2 is 2.15 bits per heavy atom. The highest BCUT2D eigenvalue weighted by Crippen LogP contribution is 2.15. The van der Waals surface area contributed by atoms with Crippen LogP contribution in [0.25, 0.3) is 11.0 Å². The van der Waals surface area contributed by atoms with Gasteiger partial charge in [-0.2, -0.15) is 0 Å². The molecule has 0 saturated carbocycles. The van der Waals surface area contributed by atoms with Crippen LogP contribution in [0.1, 0.15) is 13.8 Å². The molecule has 0 bridgehead atoms. The van der Waals surface area contributed by atoms with Crippen molar-refractivity contribution in [2.75, 3.05) is 31.5 Å². The zero-order valence-corrected chi connectivity index (χ0v) is 11.9. The van der Waals surface area contributed by atoms with E-state index in [1.54, 1.807) is 6.33 Å². The number of fused-ring (bicyclic) bond motifs is 1. The number of rotatable bonds is 6. The van der Waals surface area contributed by atoms with E-state index in [1.807, 2.05) is 18.2 Å². The first-order valence-corrected chi connectivity index (χ1v) is 6.93. The van der Waals surface area contributed by atoms with Crippen molar-refractivity contribution in [2.24, 2.45) is 0 Å². The van der Waals surface area contributed by atoms with Crippen molar-refractivity contribution in [3.8, 4) is 0 Å². The Morgan fingerprint density at radius 1 is 1.35 bits per heavy atom. The smallest absolute Gasteiger partial charge is 0.319 e. The molecule has 1 heterocycles. The topological polar surface area (TPSA) is 73.1 Å². The number of H-pyrrole nitrogens is 1. The molecular formula is C14H21N5O. The van der Waals surface area contributed by atoms with E-state index in [0.29, 0.717) is 6.54 Å². The highest BCUT2D eigenvalue weighted by atomic mass is 16.2. The van der Waals surface area contributed by atoms with Crippen LogP contribution in [0, 0.1) is 0 Å². The molecule has 1 aromatic heterocycles. The van der Waals surface area contributed by atoms with Crippen LogP contribution in [0.5, 0.6) is 0 Å². The Morgan fingerprint density at radius 3 is 2.90 bits per heavy atom. The highest BCUT2D eigenvalue weighted by Gasteiger charge is 2.04. The van der Waals surface area contributed by atoms with Crippen LogP contribution < -0.4 is 10.6 Å². The van der Waals surface area contributed by atoms with Gasteiger partial charge in [0.05, 0.1) is 17.4 Å². The largest absolute Gasteiger partial charge is 0.345 e. The van der Waals surface area contributed by atoms with Crippen LogP contribution in [0.4, 0.5) is 10.5 Å². The van der Waals surface area contributed by atoms with Gasteiger partial charge in [-0.25, -0.2) is 9.78 Å². The molecule has 0 atom stereocenters. The summed E-state index contributed by atoms with van der Waals surface area (Å²) in [6.45, 7) is 7.72. The number of carbonyl (C=O) groups excluding carboxylic acids is 1. The summed E-state index contributed by atoms with van der Waals surface area (Å²) in [6.07, 6.45) is 1.64. The van der Waals surface area contributed by atoms with Crippen molar-refractivity contribution in [3.63, 3.8) is 0 Å². The lowest BCUT2D eigenvalue weighted by atomic mass is 10.3. The third-order valence-corrected chi connectivity index (χ3v) is 3.29. The Hall–Kier alpha value is -2.08. The summed E-state index contributed by atoms with van der Waals surface area (Å²) in [6, 6.07) is 5.40. The van der Waals surface area contributed by atoms with Gasteiger partial charge in [-0.05, 0) is 31.3 Å². The zero-order valence-electron chi connectivity index (χ0n) is 11.9. The van der Waals surface area contributed by atoms with E-state index in [4.69, 9.17) is 0 Å². The molecule has 0 radical (unpaired) electrons. The van der Waals surface area contributed by atoms with Crippen molar-refractivity contribution in [1.29, 1.82) is 0 Å². The lowest BCUT2D eigenvalue weighted by molar-refractivity contribution is 0.248. The fourth-order valence-corrected chi connectivity index (χ4v) is 2.06. The third kappa shape index (κ3) is 3.71. The van der Waals surface area contributed by atoms with E-state index >= 15 is 0 Å². The van der Waals surface area contributed by atoms with E-state index in [0.717, 1.165) is 36.4 Å². The van der Waals surface area contributed by atoms with Crippen LogP contribution in [-0.4, -0.2) is 47.1 Å². The average Bonchev–Trinajstić information content (AvgIpc) is 2.91. The number of amides is 2. The normalized spacial score (nSPS) is 10.9. The minimum absolute atomic E-state index is 0.184. The molecule has 0 spiro atoms. The second-order valence-electron chi connectivity index (χ2n) is 4.54. The maximum atomic E-state index is 11.8. The minimum Gasteiger partial charge on any atom is -0.345 e. The number of anilines is 1. The molecule has 2 amide bonds. The molecule has 0 aliphatic heterocycles. The highest BCUT2D eigenvalue weighted by molar-refractivity contribution is 5.91. The molecular weight excluding hydrogens is 254 g/mol. The summed E-state index contributed by atoms with van der Waals surface area (Å²) in [5.74, 6) is 0. The van der Waals surface area contributed by atoms with Gasteiger partial charge in [0.15, 0.2) is 0 Å². The number of urea groups is 1. The second kappa shape index (κ2) is 6.91. The minimum atomic E-state index is -0.184. The van der Waals surface area contributed by atoms with Gasteiger partial charge < -0.3 is 20.5 Å². The number of nitrogens with zero attached hydrogens (tertiary/aromatic N) is 2. The summed E-state index contributed by atoms with van der Waals surface area (Å²) in [5.41, 5.74) is 2.55. The Labute approximate surface area is 118 Å². The lowest BCUT2D eigenvalue weighted by Crippen LogP contribution is -2.36. The molecule has 0 unspecified atom stereocenters. The molecule has 20 heavy (non-hydrogen) atoms. The molecule has 1 aromatic carbocycles. The second-order valence-corrected chi connectivity index (χ2v) is 4.54. The standard InChI is InChI=1S/C14H21N5O/c1-3-19(4-2)8-7-15-14(20)18-11-5-6-12-13(9-11)17-10-16-12/h5-6,9-10H,3-4,7-8H2,1-2H3,(H,16,17)(H2,15,18,20). The average molecular weight is 275 g/mol. The van der Waals surface area contributed by atoms with E-state index < -0.39 is 0 Å². The molecule has 0 aliphatic rings. The molecule has 0 fully saturated rings. The first-order chi connectivity index (χ1) is 9.72. The first kappa shape index (κ1) is 14.3. The van der Waals surface area contributed by atoms with Gasteiger partial charge in [-0.1, -0.05) is 13.8 Å². The predicted octanol–water partition coefficient (Wildman–Crippen LogP) is 2.03. The number of aromatic nitrogens is 2. The van der Waals surface area contributed by atoms with Gasteiger partial charge >= 0.3 is 6.03 Å². The van der Waals surface area contributed by atoms with Crippen molar-refractivity contribution >= 4 is 22.8 Å². The molecule has 2 aromatic rings. The fraction of sp³-hybridized carbons (Fsp3) is 0.429. The lowest BCUT2D eigenvalue weighted by Gasteiger charge is -2.18. The number of benzene rings is 1. The molecule has 6 heteroatoms. The van der Waals surface area contributed by atoms with Gasteiger partial charge in [0.1, 0.15) is 0 Å². The quantitative estimate of drug-likeness (QED) is 0.755. The number of hydrogen-bond acceptors (Lipinski definition) is 3. The predicted molar refractivity (Wildman–Crippen MR) is 80.9 cm³/mol. The molecule has 6 nitrogen and oxygen atoms in total. The van der Waals surface area contributed by atoms with Gasteiger partial charge in [0.25, 0.3) is 0 Å². The van der Waals surface area contributed by atoms with E-state index in [2.05, 4.69) is 39.3 Å². The number of hydrogen-bond donors (Lipinski definition) is 3. The number of imidazole rings is 1. The van der Waals surface area contributed by atoms with E-state index in [1.165, 1.54) is 0 Å². The van der Waals surface area contributed by atoms with Gasteiger partial charge in [0, 0.05) is 18.8 Å². The zero-order chi connectivity index (χ0) is 14.4. The summed E-state index contributed by atoms with van der Waals surface area (Å²) >= 11 is 0. The Balaban J connectivity index is 1.81. The monoisotopic (exact) mass is 275 g/mol. The third-order valence-electron chi connectivity index (χ3n) is 3.29. The van der Waals surface area contributed by atoms with Crippen LogP contribution >= 0.6 is 0 Å². The molecule has 2 rings (SSSR count). The van der Waals surface area contributed by atoms with Crippen molar-refractivity contribution in [2.45, 2.75) is 13.8 Å². The van der Waals surface area contributed by atoms with Crippen molar-refractivity contribution < 1.29 is 4.79 Å². The van der Waals surface area contributed by atoms with Crippen molar-refractivity contribution in [3.05, 3.63) is 24.5 Å². The Kier molecular flexibility index (Phi) is 4.95. The number of carbonyl (C=O) groups is 1. The van der Waals surface area contributed by atoms with Crippen LogP contribution in [0.15, 0.2) is 24.5 Å². The summed E-state index contributed by atoms with van der Waals surface area (Å²) in [5, 5.41) is 5.67. The summed E-state index contributed by atoms with van der Waals surface area (Å²) in [7, 11) is 0.